The number of aromatic nitrogens is 1. The molecule has 3 rings (SSSR count). The highest BCUT2D eigenvalue weighted by molar-refractivity contribution is 8.44. The number of hydrogen-bond acceptors (Lipinski definition) is 3. The van der Waals surface area contributed by atoms with Crippen molar-refractivity contribution >= 4 is 46.7 Å². The zero-order valence-electron chi connectivity index (χ0n) is 16.5. The Labute approximate surface area is 172 Å². The van der Waals surface area contributed by atoms with Crippen LogP contribution in [0.25, 0.3) is 10.9 Å². The Hall–Kier alpha value is -2.70. The number of thiol groups is 1. The number of fused-ring (bicyclic) bond motifs is 1. The molecule has 0 saturated carbocycles. The van der Waals surface area contributed by atoms with E-state index in [-0.39, 0.29) is 5.91 Å². The average Bonchev–Trinajstić information content (AvgIpc) is 3.12. The van der Waals surface area contributed by atoms with Crippen LogP contribution in [0.1, 0.15) is 18.5 Å². The van der Waals surface area contributed by atoms with E-state index in [1.807, 2.05) is 48.9 Å². The number of nitrogens with zero attached hydrogens (tertiary/aromatic N) is 1. The van der Waals surface area contributed by atoms with E-state index < -0.39 is 21.8 Å². The van der Waals surface area contributed by atoms with Gasteiger partial charge >= 0.3 is 6.03 Å². The Morgan fingerprint density at radius 1 is 1.10 bits per heavy atom. The standard InChI is InChI=1S/C20H25N4O3PS/c1-13-5-4-6-18-17(13)11-12-24(18)14(2)19(25)22-15-7-9-16(10-8-15)29(27,28)23-20(26)21-3/h4-12,14,29H,28H2,1-3H3,(H,22,25)(H2,21,23,26,27)/t14-/m1/s1. The molecule has 1 aromatic heterocycles. The largest absolute Gasteiger partial charge is 0.340 e. The van der Waals surface area contributed by atoms with Crippen molar-refractivity contribution in [3.63, 3.8) is 0 Å². The van der Waals surface area contributed by atoms with E-state index in [9.17, 15) is 13.8 Å². The summed E-state index contributed by atoms with van der Waals surface area (Å²) in [4.78, 5) is 24.7. The van der Waals surface area contributed by atoms with E-state index in [0.29, 0.717) is 10.6 Å². The quantitative estimate of drug-likeness (QED) is 0.369. The van der Waals surface area contributed by atoms with Gasteiger partial charge in [-0.3, -0.25) is 13.7 Å². The molecule has 7 nitrogen and oxygen atoms in total. The zero-order valence-corrected chi connectivity index (χ0v) is 18.5. The van der Waals surface area contributed by atoms with Crippen molar-refractivity contribution in [2.75, 3.05) is 12.4 Å². The van der Waals surface area contributed by atoms with Crippen molar-refractivity contribution in [2.45, 2.75) is 24.8 Å². The Morgan fingerprint density at radius 3 is 2.45 bits per heavy atom. The van der Waals surface area contributed by atoms with E-state index >= 15 is 0 Å². The monoisotopic (exact) mass is 432 g/mol. The van der Waals surface area contributed by atoms with Gasteiger partial charge in [0, 0.05) is 34.7 Å². The Bertz CT molecular complexity index is 1110. The molecule has 2 aromatic carbocycles. The van der Waals surface area contributed by atoms with Gasteiger partial charge in [0.2, 0.25) is 5.91 Å². The fraction of sp³-hybridized carbons (Fsp3) is 0.200. The van der Waals surface area contributed by atoms with Gasteiger partial charge in [0.05, 0.1) is 0 Å². The summed E-state index contributed by atoms with van der Waals surface area (Å²) in [6.07, 6.45) is 1.92. The lowest BCUT2D eigenvalue weighted by atomic mass is 10.1. The summed E-state index contributed by atoms with van der Waals surface area (Å²) in [6.45, 7) is 3.89. The first-order chi connectivity index (χ1) is 13.7. The molecule has 154 valence electrons. The number of rotatable bonds is 5. The van der Waals surface area contributed by atoms with Gasteiger partial charge in [0.15, 0.2) is 0 Å². The lowest BCUT2D eigenvalue weighted by molar-refractivity contribution is -0.118. The molecule has 0 saturated heterocycles. The first kappa shape index (κ1) is 21.0. The minimum atomic E-state index is -3.12. The second-order valence-corrected chi connectivity index (χ2v) is 11.0. The number of aryl methyl sites for hydroxylation is 1. The van der Waals surface area contributed by atoms with Crippen molar-refractivity contribution in [3.8, 4) is 0 Å². The van der Waals surface area contributed by atoms with Crippen LogP contribution in [0.5, 0.6) is 0 Å². The van der Waals surface area contributed by atoms with E-state index in [1.165, 1.54) is 7.05 Å². The second kappa shape index (κ2) is 8.35. The average molecular weight is 432 g/mol. The lowest BCUT2D eigenvalue weighted by Crippen LogP contribution is -2.38. The van der Waals surface area contributed by atoms with E-state index in [1.54, 1.807) is 24.3 Å². The number of carbonyl (C=O) groups excluding carboxylic acids is 2. The third-order valence-corrected chi connectivity index (χ3v) is 7.67. The predicted molar refractivity (Wildman–Crippen MR) is 122 cm³/mol. The molecule has 0 aliphatic heterocycles. The highest BCUT2D eigenvalue weighted by Gasteiger charge is 2.18. The number of anilines is 1. The Kier molecular flexibility index (Phi) is 6.05. The van der Waals surface area contributed by atoms with Crippen LogP contribution in [-0.2, 0) is 14.5 Å². The van der Waals surface area contributed by atoms with Crippen LogP contribution in [0.15, 0.2) is 59.6 Å². The fourth-order valence-electron chi connectivity index (χ4n) is 3.09. The van der Waals surface area contributed by atoms with Crippen molar-refractivity contribution < 1.29 is 13.8 Å². The minimum Gasteiger partial charge on any atom is -0.340 e. The van der Waals surface area contributed by atoms with Crippen molar-refractivity contribution in [1.82, 2.24) is 14.6 Å². The van der Waals surface area contributed by atoms with Crippen LogP contribution in [0, 0.1) is 6.92 Å². The van der Waals surface area contributed by atoms with Crippen LogP contribution >= 0.6 is 8.44 Å². The molecule has 0 bridgehead atoms. The number of amides is 3. The molecule has 3 amide bonds. The molecule has 9 heteroatoms. The van der Waals surface area contributed by atoms with E-state index in [0.717, 1.165) is 16.5 Å². The van der Waals surface area contributed by atoms with Crippen LogP contribution in [0.4, 0.5) is 10.5 Å². The maximum atomic E-state index is 12.7. The molecular weight excluding hydrogens is 407 g/mol. The third-order valence-electron chi connectivity index (χ3n) is 4.79. The maximum Gasteiger partial charge on any atom is 0.325 e. The number of carbonyl (C=O) groups is 2. The Balaban J connectivity index is 1.74. The van der Waals surface area contributed by atoms with Gasteiger partial charge in [-0.15, -0.1) is 0 Å². The maximum absolute atomic E-state index is 12.7. The van der Waals surface area contributed by atoms with Crippen LogP contribution in [-0.4, -0.2) is 27.8 Å². The van der Waals surface area contributed by atoms with Gasteiger partial charge in [-0.2, -0.15) is 0 Å². The molecule has 0 fully saturated rings. The number of nitrogens with one attached hydrogen (secondary N) is 3. The molecule has 1 unspecified atom stereocenters. The van der Waals surface area contributed by atoms with Crippen LogP contribution < -0.4 is 15.4 Å². The normalized spacial score (nSPS) is 13.0. The van der Waals surface area contributed by atoms with Gasteiger partial charge in [-0.25, -0.2) is 4.79 Å². The fourth-order valence-corrected chi connectivity index (χ4v) is 5.09. The SMILES string of the molecule is CNC(=O)N[SH](=O)(P)c1ccc(NC(=O)[C@@H](C)n2ccc3c(C)cccc32)cc1. The van der Waals surface area contributed by atoms with Crippen LogP contribution in [0.3, 0.4) is 0 Å². The van der Waals surface area contributed by atoms with E-state index in [2.05, 4.69) is 23.8 Å². The summed E-state index contributed by atoms with van der Waals surface area (Å²) in [7, 11) is 0.521. The third kappa shape index (κ3) is 4.49. The van der Waals surface area contributed by atoms with Gasteiger partial charge in [0.25, 0.3) is 0 Å². The van der Waals surface area contributed by atoms with E-state index in [4.69, 9.17) is 0 Å². The molecule has 0 spiro atoms. The van der Waals surface area contributed by atoms with Gasteiger partial charge in [-0.1, -0.05) is 12.1 Å². The predicted octanol–water partition coefficient (Wildman–Crippen LogP) is 3.16. The number of hydrogen-bond donors (Lipinski definition) is 4. The zero-order chi connectivity index (χ0) is 21.2. The minimum absolute atomic E-state index is 0.158. The molecular formula is C20H25N4O3PS. The Morgan fingerprint density at radius 2 is 1.79 bits per heavy atom. The van der Waals surface area contributed by atoms with Crippen molar-refractivity contribution in [2.24, 2.45) is 0 Å². The van der Waals surface area contributed by atoms with Crippen molar-refractivity contribution in [1.29, 1.82) is 0 Å². The highest BCUT2D eigenvalue weighted by atomic mass is 32.8. The molecule has 0 radical (unpaired) electrons. The molecule has 1 heterocycles. The first-order valence-electron chi connectivity index (χ1n) is 9.09. The summed E-state index contributed by atoms with van der Waals surface area (Å²) >= 11 is 0. The number of benzene rings is 2. The highest BCUT2D eigenvalue weighted by Crippen LogP contribution is 2.26. The lowest BCUT2D eigenvalue weighted by Gasteiger charge is -2.21. The molecule has 3 N–H and O–H groups in total. The topological polar surface area (TPSA) is 92.2 Å². The van der Waals surface area contributed by atoms with Crippen molar-refractivity contribution in [3.05, 3.63) is 60.3 Å². The smallest absolute Gasteiger partial charge is 0.325 e. The summed E-state index contributed by atoms with van der Waals surface area (Å²) < 4.78 is 17.0. The van der Waals surface area contributed by atoms with Gasteiger partial charge < -0.3 is 15.2 Å². The molecule has 0 aliphatic rings. The summed E-state index contributed by atoms with van der Waals surface area (Å²) in [5, 5.41) is 6.38. The van der Waals surface area contributed by atoms with Crippen LogP contribution in [0.2, 0.25) is 0 Å². The second-order valence-electron chi connectivity index (χ2n) is 6.79. The molecule has 29 heavy (non-hydrogen) atoms. The number of urea groups is 1. The first-order valence-corrected chi connectivity index (χ1v) is 12.4. The summed E-state index contributed by atoms with van der Waals surface area (Å²) in [5.41, 5.74) is 2.76. The summed E-state index contributed by atoms with van der Waals surface area (Å²) in [6, 6.07) is 13.7. The molecule has 0 aliphatic carbocycles. The summed E-state index contributed by atoms with van der Waals surface area (Å²) in [5.74, 6) is -0.158. The molecule has 3 aromatic rings. The van der Waals surface area contributed by atoms with Gasteiger partial charge in [0.1, 0.15) is 6.04 Å². The molecule has 2 atom stereocenters. The van der Waals surface area contributed by atoms with Gasteiger partial charge in [-0.05, 0) is 74.0 Å².